The van der Waals surface area contributed by atoms with Crippen molar-refractivity contribution >= 4 is 51.7 Å². The molecule has 0 aliphatic carbocycles. The molecule has 3 rings (SSSR count). The van der Waals surface area contributed by atoms with Gasteiger partial charge in [-0.1, -0.05) is 41.3 Å². The molecule has 3 aromatic rings. The molecule has 0 aliphatic heterocycles. The minimum absolute atomic E-state index is 0.0215. The maximum absolute atomic E-state index is 13.7. The van der Waals surface area contributed by atoms with Gasteiger partial charge in [-0.2, -0.15) is 0 Å². The average molecular weight is 479 g/mol. The monoisotopic (exact) mass is 478 g/mol. The minimum Gasteiger partial charge on any atom is -0.462 e. The second kappa shape index (κ2) is 10.8. The third-order valence-electron chi connectivity index (χ3n) is 3.84. The van der Waals surface area contributed by atoms with Crippen LogP contribution in [0, 0.1) is 11.6 Å². The number of esters is 1. The predicted molar refractivity (Wildman–Crippen MR) is 116 cm³/mol. The molecule has 1 heterocycles. The number of ether oxygens (including phenoxy) is 1. The first-order valence-corrected chi connectivity index (χ1v) is 11.0. The minimum atomic E-state index is -0.999. The number of halogens is 2. The highest BCUT2D eigenvalue weighted by atomic mass is 32.2. The third-order valence-corrected chi connectivity index (χ3v) is 5.81. The van der Waals surface area contributed by atoms with Crippen LogP contribution < -0.4 is 10.6 Å². The predicted octanol–water partition coefficient (Wildman–Crippen LogP) is 3.98. The summed E-state index contributed by atoms with van der Waals surface area (Å²) in [6.45, 7) is 1.89. The van der Waals surface area contributed by atoms with E-state index in [1.807, 2.05) is 0 Å². The molecule has 2 amide bonds. The molecule has 0 radical (unpaired) electrons. The highest BCUT2D eigenvalue weighted by molar-refractivity contribution is 8.01. The Hall–Kier alpha value is -3.38. The SMILES string of the molecule is CCOC(=O)c1ccccc1NC(=O)CSc1nnc(NC(=O)c2c(F)cccc2F)s1. The Labute approximate surface area is 189 Å². The number of nitrogens with zero attached hydrogens (tertiary/aromatic N) is 2. The highest BCUT2D eigenvalue weighted by Gasteiger charge is 2.19. The van der Waals surface area contributed by atoms with Crippen molar-refractivity contribution in [3.63, 3.8) is 0 Å². The van der Waals surface area contributed by atoms with Gasteiger partial charge >= 0.3 is 5.97 Å². The standard InChI is InChI=1S/C20H16F2N4O4S2/c1-2-30-18(29)11-6-3-4-9-14(11)23-15(27)10-31-20-26-25-19(32-20)24-17(28)16-12(21)7-5-8-13(16)22/h3-9H,2,10H2,1H3,(H,23,27)(H,24,25,28). The molecule has 0 atom stereocenters. The first kappa shape index (κ1) is 23.3. The van der Waals surface area contributed by atoms with E-state index in [-0.39, 0.29) is 23.1 Å². The zero-order valence-corrected chi connectivity index (χ0v) is 18.2. The molecule has 2 N–H and O–H groups in total. The van der Waals surface area contributed by atoms with E-state index in [0.29, 0.717) is 10.0 Å². The van der Waals surface area contributed by atoms with Crippen LogP contribution in [0.5, 0.6) is 0 Å². The number of aromatic nitrogens is 2. The van der Waals surface area contributed by atoms with Crippen molar-refractivity contribution in [3.8, 4) is 0 Å². The molecule has 12 heteroatoms. The Morgan fingerprint density at radius 1 is 1.03 bits per heavy atom. The lowest BCUT2D eigenvalue weighted by Crippen LogP contribution is -2.17. The average Bonchev–Trinajstić information content (AvgIpc) is 3.20. The first-order valence-electron chi connectivity index (χ1n) is 9.16. The summed E-state index contributed by atoms with van der Waals surface area (Å²) in [5.41, 5.74) is -0.181. The molecule has 0 saturated heterocycles. The largest absolute Gasteiger partial charge is 0.462 e. The van der Waals surface area contributed by atoms with Gasteiger partial charge in [-0.15, -0.1) is 10.2 Å². The van der Waals surface area contributed by atoms with Crippen LogP contribution in [0.4, 0.5) is 19.6 Å². The quantitative estimate of drug-likeness (QED) is 0.286. The van der Waals surface area contributed by atoms with Crippen molar-refractivity contribution in [1.82, 2.24) is 10.2 Å². The molecular weight excluding hydrogens is 462 g/mol. The number of rotatable bonds is 8. The number of anilines is 2. The summed E-state index contributed by atoms with van der Waals surface area (Å²) in [6, 6.07) is 9.53. The van der Waals surface area contributed by atoms with E-state index >= 15 is 0 Å². The molecule has 2 aromatic carbocycles. The molecule has 8 nitrogen and oxygen atoms in total. The van der Waals surface area contributed by atoms with Crippen molar-refractivity contribution < 1.29 is 27.9 Å². The normalized spacial score (nSPS) is 10.5. The highest BCUT2D eigenvalue weighted by Crippen LogP contribution is 2.26. The molecule has 0 spiro atoms. The Morgan fingerprint density at radius 2 is 1.75 bits per heavy atom. The maximum atomic E-state index is 13.7. The van der Waals surface area contributed by atoms with Crippen molar-refractivity contribution in [1.29, 1.82) is 0 Å². The summed E-state index contributed by atoms with van der Waals surface area (Å²) in [5, 5.41) is 12.5. The number of benzene rings is 2. The summed E-state index contributed by atoms with van der Waals surface area (Å²) in [5.74, 6) is -4.00. The van der Waals surface area contributed by atoms with Crippen LogP contribution in [-0.4, -0.2) is 40.3 Å². The molecule has 0 unspecified atom stereocenters. The van der Waals surface area contributed by atoms with Crippen LogP contribution in [0.2, 0.25) is 0 Å². The summed E-state index contributed by atoms with van der Waals surface area (Å²) < 4.78 is 32.7. The van der Waals surface area contributed by atoms with Crippen LogP contribution in [0.15, 0.2) is 46.8 Å². The van der Waals surface area contributed by atoms with E-state index in [1.165, 1.54) is 0 Å². The first-order chi connectivity index (χ1) is 15.4. The van der Waals surface area contributed by atoms with Crippen LogP contribution in [0.1, 0.15) is 27.6 Å². The summed E-state index contributed by atoms with van der Waals surface area (Å²) in [4.78, 5) is 36.4. The van der Waals surface area contributed by atoms with Gasteiger partial charge < -0.3 is 10.1 Å². The Morgan fingerprint density at radius 3 is 2.47 bits per heavy atom. The van der Waals surface area contributed by atoms with Crippen molar-refractivity contribution in [2.45, 2.75) is 11.3 Å². The van der Waals surface area contributed by atoms with Gasteiger partial charge in [-0.25, -0.2) is 13.6 Å². The van der Waals surface area contributed by atoms with E-state index in [1.54, 1.807) is 31.2 Å². The zero-order valence-electron chi connectivity index (χ0n) is 16.6. The molecule has 166 valence electrons. The number of hydrogen-bond donors (Lipinski definition) is 2. The van der Waals surface area contributed by atoms with Crippen LogP contribution in [0.25, 0.3) is 0 Å². The number of para-hydroxylation sites is 1. The lowest BCUT2D eigenvalue weighted by Gasteiger charge is -2.09. The van der Waals surface area contributed by atoms with Gasteiger partial charge in [0, 0.05) is 0 Å². The van der Waals surface area contributed by atoms with Crippen molar-refractivity contribution in [2.24, 2.45) is 0 Å². The van der Waals surface area contributed by atoms with Crippen LogP contribution >= 0.6 is 23.1 Å². The number of amides is 2. The smallest absolute Gasteiger partial charge is 0.340 e. The van der Waals surface area contributed by atoms with E-state index in [4.69, 9.17) is 4.74 Å². The fourth-order valence-corrected chi connectivity index (χ4v) is 4.03. The zero-order chi connectivity index (χ0) is 23.1. The fraction of sp³-hybridized carbons (Fsp3) is 0.150. The van der Waals surface area contributed by atoms with Crippen LogP contribution in [-0.2, 0) is 9.53 Å². The van der Waals surface area contributed by atoms with E-state index in [9.17, 15) is 23.2 Å². The summed E-state index contributed by atoms with van der Waals surface area (Å²) >= 11 is 1.98. The second-order valence-electron chi connectivity index (χ2n) is 6.03. The number of thioether (sulfide) groups is 1. The van der Waals surface area contributed by atoms with Gasteiger partial charge in [-0.05, 0) is 31.2 Å². The third kappa shape index (κ3) is 5.86. The van der Waals surface area contributed by atoms with Gasteiger partial charge in [0.1, 0.15) is 17.2 Å². The van der Waals surface area contributed by atoms with Gasteiger partial charge in [0.2, 0.25) is 11.0 Å². The molecule has 0 saturated carbocycles. The fourth-order valence-electron chi connectivity index (χ4n) is 2.49. The number of nitrogens with one attached hydrogen (secondary N) is 2. The lowest BCUT2D eigenvalue weighted by atomic mass is 10.2. The topological polar surface area (TPSA) is 110 Å². The van der Waals surface area contributed by atoms with Gasteiger partial charge in [0.05, 0.1) is 23.6 Å². The summed E-state index contributed by atoms with van der Waals surface area (Å²) in [7, 11) is 0. The Balaban J connectivity index is 1.57. The van der Waals surface area contributed by atoms with Gasteiger partial charge in [-0.3, -0.25) is 14.9 Å². The molecule has 0 bridgehead atoms. The summed E-state index contributed by atoms with van der Waals surface area (Å²) in [6.07, 6.45) is 0. The lowest BCUT2D eigenvalue weighted by molar-refractivity contribution is -0.113. The number of hydrogen-bond acceptors (Lipinski definition) is 8. The maximum Gasteiger partial charge on any atom is 0.340 e. The Bertz CT molecular complexity index is 1140. The Kier molecular flexibility index (Phi) is 7.84. The molecule has 1 aromatic heterocycles. The molecule has 0 fully saturated rings. The van der Waals surface area contributed by atoms with E-state index in [0.717, 1.165) is 41.3 Å². The van der Waals surface area contributed by atoms with Crippen molar-refractivity contribution in [3.05, 3.63) is 65.2 Å². The molecular formula is C20H16F2N4O4S2. The number of carbonyl (C=O) groups excluding carboxylic acids is 3. The van der Waals surface area contributed by atoms with E-state index < -0.39 is 35.0 Å². The molecule has 0 aliphatic rings. The van der Waals surface area contributed by atoms with Gasteiger partial charge in [0.15, 0.2) is 4.34 Å². The van der Waals surface area contributed by atoms with E-state index in [2.05, 4.69) is 20.8 Å². The van der Waals surface area contributed by atoms with Gasteiger partial charge in [0.25, 0.3) is 5.91 Å². The number of carbonyl (C=O) groups is 3. The second-order valence-corrected chi connectivity index (χ2v) is 8.23. The van der Waals surface area contributed by atoms with Crippen LogP contribution in [0.3, 0.4) is 0 Å². The molecule has 32 heavy (non-hydrogen) atoms. The van der Waals surface area contributed by atoms with Crippen molar-refractivity contribution in [2.75, 3.05) is 23.0 Å².